The molecule has 3 heteroatoms. The molecule has 3 heterocycles. The minimum atomic E-state index is -0.0625. The number of aromatic nitrogens is 1. The van der Waals surface area contributed by atoms with Crippen LogP contribution in [0.4, 0.5) is 11.5 Å². The number of hydrogen-bond acceptors (Lipinski definition) is 2. The number of aryl methyl sites for hydroxylation is 1. The Morgan fingerprint density at radius 2 is 1.77 bits per heavy atom. The van der Waals surface area contributed by atoms with E-state index < -0.39 is 0 Å². The van der Waals surface area contributed by atoms with Crippen LogP contribution in [-0.2, 0) is 10.8 Å². The quantitative estimate of drug-likeness (QED) is 0.697. The van der Waals surface area contributed by atoms with Gasteiger partial charge in [-0.2, -0.15) is 0 Å². The third-order valence-electron chi connectivity index (χ3n) is 6.24. The molecule has 2 aliphatic rings. The molecule has 4 rings (SSSR count). The maximum Gasteiger partial charge on any atom is 0.327 e. The van der Waals surface area contributed by atoms with Crippen molar-refractivity contribution in [3.63, 3.8) is 0 Å². The second kappa shape index (κ2) is 5.29. The van der Waals surface area contributed by atoms with Crippen molar-refractivity contribution in [2.45, 2.75) is 45.4 Å². The van der Waals surface area contributed by atoms with Gasteiger partial charge in [0.05, 0.1) is 18.0 Å². The first-order chi connectivity index (χ1) is 12.2. The third-order valence-corrected chi connectivity index (χ3v) is 6.24. The fourth-order valence-corrected chi connectivity index (χ4v) is 4.64. The molecule has 0 spiro atoms. The molecule has 134 valence electrons. The van der Waals surface area contributed by atoms with Crippen LogP contribution in [0.3, 0.4) is 0 Å². The van der Waals surface area contributed by atoms with Gasteiger partial charge in [-0.15, -0.1) is 0 Å². The van der Waals surface area contributed by atoms with E-state index in [0.717, 1.165) is 5.82 Å². The normalized spacial score (nSPS) is 21.3. The lowest BCUT2D eigenvalue weighted by molar-refractivity contribution is -0.406. The summed E-state index contributed by atoms with van der Waals surface area (Å²) in [5.74, 6) is 1.07. The largest absolute Gasteiger partial charge is 0.347 e. The molecule has 0 aliphatic carbocycles. The summed E-state index contributed by atoms with van der Waals surface area (Å²) in [6.45, 7) is 11.4. The highest BCUT2D eigenvalue weighted by atomic mass is 15.2. The fraction of sp³-hybridized carbons (Fsp3) is 0.391. The first-order valence-corrected chi connectivity index (χ1v) is 9.29. The van der Waals surface area contributed by atoms with E-state index in [1.807, 2.05) is 12.3 Å². The third kappa shape index (κ3) is 2.13. The average molecular weight is 346 g/mol. The lowest BCUT2D eigenvalue weighted by Gasteiger charge is -2.26. The van der Waals surface area contributed by atoms with Crippen LogP contribution in [0, 0.1) is 6.92 Å². The van der Waals surface area contributed by atoms with E-state index in [9.17, 15) is 0 Å². The predicted molar refractivity (Wildman–Crippen MR) is 109 cm³/mol. The Kier molecular flexibility index (Phi) is 3.46. The second-order valence-corrected chi connectivity index (χ2v) is 8.68. The summed E-state index contributed by atoms with van der Waals surface area (Å²) < 4.78 is 2.25. The number of likely N-dealkylation sites (N-methyl/N-ethyl adjacent to an activating group) is 1. The summed E-state index contributed by atoms with van der Waals surface area (Å²) >= 11 is 0. The Hall–Kier alpha value is -2.42. The van der Waals surface area contributed by atoms with Crippen LogP contribution < -0.4 is 4.90 Å². The average Bonchev–Trinajstić information content (AvgIpc) is 2.90. The molecule has 0 amide bonds. The number of anilines is 1. The Balaban J connectivity index is 1.89. The molecule has 0 radical (unpaired) electrons. The molecule has 0 fully saturated rings. The molecular formula is C23H28N3+. The maximum atomic E-state index is 4.63. The summed E-state index contributed by atoms with van der Waals surface area (Å²) in [6, 6.07) is 11.0. The molecule has 2 aliphatic heterocycles. The molecule has 3 nitrogen and oxygen atoms in total. The van der Waals surface area contributed by atoms with Gasteiger partial charge in [0.1, 0.15) is 11.9 Å². The number of benzene rings is 1. The van der Waals surface area contributed by atoms with Crippen molar-refractivity contribution in [3.05, 3.63) is 65.0 Å². The first-order valence-electron chi connectivity index (χ1n) is 9.29. The van der Waals surface area contributed by atoms with Crippen LogP contribution in [0.5, 0.6) is 0 Å². The Labute approximate surface area is 156 Å². The summed E-state index contributed by atoms with van der Waals surface area (Å²) in [4.78, 5) is 6.98. The van der Waals surface area contributed by atoms with Gasteiger partial charge in [0.25, 0.3) is 0 Å². The highest BCUT2D eigenvalue weighted by Crippen LogP contribution is 2.48. The monoisotopic (exact) mass is 346 g/mol. The van der Waals surface area contributed by atoms with Crippen molar-refractivity contribution in [2.75, 3.05) is 19.0 Å². The number of rotatable bonds is 1. The SMILES string of the molecule is Cc1ccc2c(c1)C(C)(C)C(=CC1=[N+](C)c3ncccc3C1(C)C)N2C. The van der Waals surface area contributed by atoms with E-state index in [0.29, 0.717) is 0 Å². The number of hydrogen-bond donors (Lipinski definition) is 0. The molecule has 0 bridgehead atoms. The molecular weight excluding hydrogens is 318 g/mol. The van der Waals surface area contributed by atoms with Gasteiger partial charge in [-0.1, -0.05) is 31.5 Å². The molecule has 0 saturated carbocycles. The highest BCUT2D eigenvalue weighted by Gasteiger charge is 2.45. The van der Waals surface area contributed by atoms with Crippen LogP contribution in [0.25, 0.3) is 0 Å². The first kappa shape index (κ1) is 17.0. The van der Waals surface area contributed by atoms with E-state index in [-0.39, 0.29) is 10.8 Å². The molecule has 0 saturated heterocycles. The van der Waals surface area contributed by atoms with Crippen LogP contribution in [0.2, 0.25) is 0 Å². The van der Waals surface area contributed by atoms with Crippen LogP contribution in [-0.4, -0.2) is 29.4 Å². The van der Waals surface area contributed by atoms with Gasteiger partial charge in [-0.25, -0.2) is 4.58 Å². The Morgan fingerprint density at radius 1 is 1.04 bits per heavy atom. The zero-order valence-corrected chi connectivity index (χ0v) is 16.9. The molecule has 26 heavy (non-hydrogen) atoms. The lowest BCUT2D eigenvalue weighted by atomic mass is 9.78. The van der Waals surface area contributed by atoms with E-state index in [4.69, 9.17) is 0 Å². The standard InChI is InChI=1S/C23H28N3/c1-15-10-11-18-17(13-15)23(4,5)19(25(18)6)14-20-22(2,3)16-9-8-12-24-21(16)26(20)7/h8-14H,1-7H3/q+1. The van der Waals surface area contributed by atoms with Crippen molar-refractivity contribution < 1.29 is 4.58 Å². The van der Waals surface area contributed by atoms with E-state index in [1.165, 1.54) is 33.8 Å². The molecule has 0 atom stereocenters. The van der Waals surface area contributed by atoms with Gasteiger partial charge in [0.2, 0.25) is 0 Å². The number of pyridine rings is 1. The summed E-state index contributed by atoms with van der Waals surface area (Å²) in [6.07, 6.45) is 4.27. The van der Waals surface area contributed by atoms with Gasteiger partial charge in [-0.05, 0) is 49.5 Å². The van der Waals surface area contributed by atoms with Gasteiger partial charge in [0, 0.05) is 29.9 Å². The van der Waals surface area contributed by atoms with Gasteiger partial charge in [0.15, 0.2) is 0 Å². The molecule has 2 aromatic rings. The Morgan fingerprint density at radius 3 is 2.46 bits per heavy atom. The highest BCUT2D eigenvalue weighted by molar-refractivity contribution is 6.04. The second-order valence-electron chi connectivity index (χ2n) is 8.68. The minimum absolute atomic E-state index is 0.0256. The lowest BCUT2D eigenvalue weighted by Crippen LogP contribution is -2.31. The number of nitrogens with zero attached hydrogens (tertiary/aromatic N) is 3. The van der Waals surface area contributed by atoms with Crippen LogP contribution in [0.1, 0.15) is 44.4 Å². The zero-order chi connectivity index (χ0) is 18.9. The van der Waals surface area contributed by atoms with Crippen molar-refractivity contribution in [2.24, 2.45) is 0 Å². The summed E-state index contributed by atoms with van der Waals surface area (Å²) in [7, 11) is 4.31. The molecule has 1 aromatic heterocycles. The van der Waals surface area contributed by atoms with Crippen LogP contribution >= 0.6 is 0 Å². The van der Waals surface area contributed by atoms with Crippen LogP contribution in [0.15, 0.2) is 48.3 Å². The molecule has 0 N–H and O–H groups in total. The van der Waals surface area contributed by atoms with E-state index in [1.54, 1.807) is 0 Å². The summed E-state index contributed by atoms with van der Waals surface area (Å²) in [5, 5.41) is 0. The number of fused-ring (bicyclic) bond motifs is 2. The van der Waals surface area contributed by atoms with Gasteiger partial charge in [-0.3, -0.25) is 0 Å². The zero-order valence-electron chi connectivity index (χ0n) is 16.9. The topological polar surface area (TPSA) is 19.1 Å². The smallest absolute Gasteiger partial charge is 0.327 e. The Bertz CT molecular complexity index is 977. The van der Waals surface area contributed by atoms with E-state index >= 15 is 0 Å². The summed E-state index contributed by atoms with van der Waals surface area (Å²) in [5.41, 5.74) is 7.86. The van der Waals surface area contributed by atoms with E-state index in [2.05, 4.69) is 93.5 Å². The van der Waals surface area contributed by atoms with Gasteiger partial charge >= 0.3 is 5.82 Å². The molecule has 1 aromatic carbocycles. The fourth-order valence-electron chi connectivity index (χ4n) is 4.64. The minimum Gasteiger partial charge on any atom is -0.347 e. The van der Waals surface area contributed by atoms with Gasteiger partial charge < -0.3 is 4.90 Å². The number of allylic oxidation sites excluding steroid dienone is 2. The van der Waals surface area contributed by atoms with Crippen molar-refractivity contribution in [3.8, 4) is 0 Å². The van der Waals surface area contributed by atoms with Crippen molar-refractivity contribution in [1.82, 2.24) is 4.98 Å². The van der Waals surface area contributed by atoms with Crippen molar-refractivity contribution >= 4 is 17.2 Å². The predicted octanol–water partition coefficient (Wildman–Crippen LogP) is 4.71. The van der Waals surface area contributed by atoms with Crippen molar-refractivity contribution in [1.29, 1.82) is 0 Å². The maximum absolute atomic E-state index is 4.63. The molecule has 0 unspecified atom stereocenters.